The van der Waals surface area contributed by atoms with Gasteiger partial charge in [0.2, 0.25) is 5.91 Å². The fraction of sp³-hybridized carbons (Fsp3) is 0.300. The first-order valence-electron chi connectivity index (χ1n) is 4.25. The highest BCUT2D eigenvalue weighted by Crippen LogP contribution is 2.28. The number of nitrogens with two attached hydrogens (primary N) is 1. The van der Waals surface area contributed by atoms with Crippen LogP contribution in [0.3, 0.4) is 0 Å². The summed E-state index contributed by atoms with van der Waals surface area (Å²) in [5, 5.41) is 0.552. The monoisotopic (exact) mass is 213 g/mol. The van der Waals surface area contributed by atoms with Crippen molar-refractivity contribution in [2.45, 2.75) is 12.8 Å². The van der Waals surface area contributed by atoms with E-state index in [1.807, 2.05) is 12.1 Å². The quantitative estimate of drug-likeness (QED) is 0.829. The Bertz CT molecular complexity index is 339. The van der Waals surface area contributed by atoms with Crippen LogP contribution in [0.4, 0.5) is 0 Å². The normalized spacial score (nSPS) is 9.86. The van der Waals surface area contributed by atoms with E-state index in [9.17, 15) is 4.79 Å². The van der Waals surface area contributed by atoms with Gasteiger partial charge in [0.15, 0.2) is 0 Å². The zero-order chi connectivity index (χ0) is 10.6. The second-order valence-electron chi connectivity index (χ2n) is 2.90. The van der Waals surface area contributed by atoms with Crippen molar-refractivity contribution < 1.29 is 9.53 Å². The maximum Gasteiger partial charge on any atom is 0.217 e. The lowest BCUT2D eigenvalue weighted by molar-refractivity contribution is -0.117. The van der Waals surface area contributed by atoms with Gasteiger partial charge in [0.05, 0.1) is 12.1 Å². The predicted molar refractivity (Wildman–Crippen MR) is 55.5 cm³/mol. The molecule has 0 spiro atoms. The SMILES string of the molecule is COc1cccc(CCC(N)=O)c1Cl. The fourth-order valence-electron chi connectivity index (χ4n) is 1.16. The molecule has 0 aliphatic heterocycles. The number of amides is 1. The molecule has 1 aromatic rings. The minimum Gasteiger partial charge on any atom is -0.495 e. The lowest BCUT2D eigenvalue weighted by Crippen LogP contribution is -2.11. The number of rotatable bonds is 4. The summed E-state index contributed by atoms with van der Waals surface area (Å²) in [6.45, 7) is 0. The summed E-state index contributed by atoms with van der Waals surface area (Å²) < 4.78 is 5.04. The van der Waals surface area contributed by atoms with Crippen LogP contribution in [0, 0.1) is 0 Å². The molecule has 1 amide bonds. The Kier molecular flexibility index (Phi) is 3.77. The van der Waals surface area contributed by atoms with Gasteiger partial charge in [-0.3, -0.25) is 4.79 Å². The number of methoxy groups -OCH3 is 1. The average molecular weight is 214 g/mol. The van der Waals surface area contributed by atoms with Gasteiger partial charge < -0.3 is 10.5 Å². The third-order valence-corrected chi connectivity index (χ3v) is 2.33. The van der Waals surface area contributed by atoms with Crippen LogP contribution >= 0.6 is 11.6 Å². The molecule has 0 fully saturated rings. The van der Waals surface area contributed by atoms with Crippen molar-refractivity contribution in [1.82, 2.24) is 0 Å². The van der Waals surface area contributed by atoms with Crippen LogP contribution < -0.4 is 10.5 Å². The maximum atomic E-state index is 10.6. The molecule has 0 bridgehead atoms. The number of ether oxygens (including phenoxy) is 1. The molecule has 0 aliphatic rings. The zero-order valence-corrected chi connectivity index (χ0v) is 8.67. The third kappa shape index (κ3) is 2.64. The molecule has 0 radical (unpaired) electrons. The van der Waals surface area contributed by atoms with Gasteiger partial charge in [0.25, 0.3) is 0 Å². The maximum absolute atomic E-state index is 10.6. The van der Waals surface area contributed by atoms with Crippen molar-refractivity contribution in [1.29, 1.82) is 0 Å². The topological polar surface area (TPSA) is 52.3 Å². The summed E-state index contributed by atoms with van der Waals surface area (Å²) in [5.74, 6) is 0.289. The first kappa shape index (κ1) is 10.9. The molecule has 4 heteroatoms. The first-order chi connectivity index (χ1) is 6.65. The van der Waals surface area contributed by atoms with E-state index in [0.29, 0.717) is 23.6 Å². The van der Waals surface area contributed by atoms with Crippen LogP contribution in [0.15, 0.2) is 18.2 Å². The number of halogens is 1. The lowest BCUT2D eigenvalue weighted by Gasteiger charge is -2.07. The highest BCUT2D eigenvalue weighted by Gasteiger charge is 2.06. The van der Waals surface area contributed by atoms with Crippen molar-refractivity contribution in [3.63, 3.8) is 0 Å². The minimum absolute atomic E-state index is 0.298. The van der Waals surface area contributed by atoms with Crippen LogP contribution in [0.5, 0.6) is 5.75 Å². The van der Waals surface area contributed by atoms with Crippen molar-refractivity contribution in [2.24, 2.45) is 5.73 Å². The van der Waals surface area contributed by atoms with Gasteiger partial charge in [0, 0.05) is 6.42 Å². The Labute approximate surface area is 87.8 Å². The molecule has 76 valence electrons. The second-order valence-corrected chi connectivity index (χ2v) is 3.28. The van der Waals surface area contributed by atoms with Crippen LogP contribution in [-0.4, -0.2) is 13.0 Å². The van der Waals surface area contributed by atoms with E-state index in [0.717, 1.165) is 5.56 Å². The highest BCUT2D eigenvalue weighted by atomic mass is 35.5. The van der Waals surface area contributed by atoms with Gasteiger partial charge in [-0.05, 0) is 18.1 Å². The van der Waals surface area contributed by atoms with E-state index < -0.39 is 0 Å². The first-order valence-corrected chi connectivity index (χ1v) is 4.62. The third-order valence-electron chi connectivity index (χ3n) is 1.90. The lowest BCUT2D eigenvalue weighted by atomic mass is 10.1. The molecule has 1 rings (SSSR count). The molecule has 0 heterocycles. The molecular weight excluding hydrogens is 202 g/mol. The Balaban J connectivity index is 2.81. The second kappa shape index (κ2) is 4.86. The van der Waals surface area contributed by atoms with Crippen molar-refractivity contribution in [2.75, 3.05) is 7.11 Å². The molecule has 0 saturated heterocycles. The highest BCUT2D eigenvalue weighted by molar-refractivity contribution is 6.32. The van der Waals surface area contributed by atoms with Gasteiger partial charge in [-0.15, -0.1) is 0 Å². The molecule has 2 N–H and O–H groups in total. The van der Waals surface area contributed by atoms with Gasteiger partial charge in [0.1, 0.15) is 5.75 Å². The number of benzene rings is 1. The van der Waals surface area contributed by atoms with Crippen LogP contribution in [-0.2, 0) is 11.2 Å². The van der Waals surface area contributed by atoms with E-state index in [2.05, 4.69) is 0 Å². The van der Waals surface area contributed by atoms with Crippen LogP contribution in [0.1, 0.15) is 12.0 Å². The van der Waals surface area contributed by atoms with E-state index >= 15 is 0 Å². The number of carbonyl (C=O) groups excluding carboxylic acids is 1. The summed E-state index contributed by atoms with van der Waals surface area (Å²) in [7, 11) is 1.55. The van der Waals surface area contributed by atoms with Gasteiger partial charge in [-0.2, -0.15) is 0 Å². The summed E-state index contributed by atoms with van der Waals surface area (Å²) in [5.41, 5.74) is 5.93. The Morgan fingerprint density at radius 1 is 1.57 bits per heavy atom. The number of aryl methyl sites for hydroxylation is 1. The summed E-state index contributed by atoms with van der Waals surface area (Å²) in [6, 6.07) is 5.46. The van der Waals surface area contributed by atoms with Crippen molar-refractivity contribution in [3.05, 3.63) is 28.8 Å². The van der Waals surface area contributed by atoms with E-state index in [-0.39, 0.29) is 5.91 Å². The molecule has 0 aromatic heterocycles. The fourth-order valence-corrected chi connectivity index (χ4v) is 1.46. The van der Waals surface area contributed by atoms with Gasteiger partial charge >= 0.3 is 0 Å². The van der Waals surface area contributed by atoms with E-state index in [1.165, 1.54) is 0 Å². The average Bonchev–Trinajstić information content (AvgIpc) is 2.16. The molecule has 1 aromatic carbocycles. The molecule has 0 saturated carbocycles. The van der Waals surface area contributed by atoms with Crippen molar-refractivity contribution in [3.8, 4) is 5.75 Å². The Morgan fingerprint density at radius 3 is 2.86 bits per heavy atom. The standard InChI is InChI=1S/C10H12ClNO2/c1-14-8-4-2-3-7(10(8)11)5-6-9(12)13/h2-4H,5-6H2,1H3,(H2,12,13). The smallest absolute Gasteiger partial charge is 0.217 e. The summed E-state index contributed by atoms with van der Waals surface area (Å²) >= 11 is 6.02. The molecule has 0 unspecified atom stereocenters. The number of carbonyl (C=O) groups is 1. The van der Waals surface area contributed by atoms with E-state index in [4.69, 9.17) is 22.1 Å². The molecule has 0 aliphatic carbocycles. The number of primary amides is 1. The molecule has 3 nitrogen and oxygen atoms in total. The molecular formula is C10H12ClNO2. The minimum atomic E-state index is -0.330. The molecule has 0 atom stereocenters. The predicted octanol–water partition coefficient (Wildman–Crippen LogP) is 1.77. The number of hydrogen-bond acceptors (Lipinski definition) is 2. The van der Waals surface area contributed by atoms with Gasteiger partial charge in [-0.1, -0.05) is 23.7 Å². The largest absolute Gasteiger partial charge is 0.495 e. The van der Waals surface area contributed by atoms with Crippen LogP contribution in [0.25, 0.3) is 0 Å². The Hall–Kier alpha value is -1.22. The number of hydrogen-bond donors (Lipinski definition) is 1. The molecule has 14 heavy (non-hydrogen) atoms. The summed E-state index contributed by atoms with van der Waals surface area (Å²) in [6.07, 6.45) is 0.845. The Morgan fingerprint density at radius 2 is 2.29 bits per heavy atom. The van der Waals surface area contributed by atoms with Crippen LogP contribution in [0.2, 0.25) is 5.02 Å². The zero-order valence-electron chi connectivity index (χ0n) is 7.92. The van der Waals surface area contributed by atoms with Gasteiger partial charge in [-0.25, -0.2) is 0 Å². The van der Waals surface area contributed by atoms with E-state index in [1.54, 1.807) is 13.2 Å². The summed E-state index contributed by atoms with van der Waals surface area (Å²) in [4.78, 5) is 10.6. The van der Waals surface area contributed by atoms with Crippen molar-refractivity contribution >= 4 is 17.5 Å².